The van der Waals surface area contributed by atoms with Gasteiger partial charge in [0.15, 0.2) is 0 Å². The summed E-state index contributed by atoms with van der Waals surface area (Å²) in [6.45, 7) is 0. The molecule has 0 saturated heterocycles. The molecule has 0 N–H and O–H groups in total. The highest BCUT2D eigenvalue weighted by atomic mass is 35.5. The van der Waals surface area contributed by atoms with Crippen molar-refractivity contribution in [2.24, 2.45) is 4.40 Å². The summed E-state index contributed by atoms with van der Waals surface area (Å²) in [5.74, 6) is 0. The molecule has 33 heavy (non-hydrogen) atoms. The quantitative estimate of drug-likeness (QED) is 0.381. The van der Waals surface area contributed by atoms with Crippen LogP contribution in [-0.4, -0.2) is 32.3 Å². The van der Waals surface area contributed by atoms with Crippen LogP contribution < -0.4 is 9.70 Å². The zero-order chi connectivity index (χ0) is 24.0. The maximum absolute atomic E-state index is 13.4. The number of hydrogen-bond donors (Lipinski definition) is 0. The standard InChI is InChI=1S/C21H16ClF3N4O2S2/c1-28(2)17-7-3-6-16-15(17)5-4-8-18(16)33(30,31)27-20-29(14-11-9-13(22)10-12-14)26-19(32-20)21(23,24)25/h3-12H,1-2H3/b27-20+. The monoisotopic (exact) mass is 512 g/mol. The van der Waals surface area contributed by atoms with Gasteiger partial charge in [0.05, 0.1) is 10.6 Å². The Labute approximate surface area is 196 Å². The molecule has 0 aliphatic carbocycles. The smallest absolute Gasteiger partial charge is 0.377 e. The second kappa shape index (κ2) is 8.47. The predicted octanol–water partition coefficient (Wildman–Crippen LogP) is 5.11. The molecule has 4 rings (SSSR count). The molecule has 0 unspecified atom stereocenters. The molecular formula is C21H16ClF3N4O2S2. The van der Waals surface area contributed by atoms with Crippen molar-refractivity contribution >= 4 is 49.4 Å². The first-order valence-corrected chi connectivity index (χ1v) is 12.0. The van der Waals surface area contributed by atoms with E-state index in [1.807, 2.05) is 25.1 Å². The predicted molar refractivity (Wildman–Crippen MR) is 122 cm³/mol. The van der Waals surface area contributed by atoms with Crippen molar-refractivity contribution in [2.45, 2.75) is 11.1 Å². The fourth-order valence-electron chi connectivity index (χ4n) is 3.24. The first-order chi connectivity index (χ1) is 15.5. The Kier molecular flexibility index (Phi) is 5.97. The highest BCUT2D eigenvalue weighted by Crippen LogP contribution is 2.32. The van der Waals surface area contributed by atoms with Gasteiger partial charge in [0.25, 0.3) is 10.0 Å². The summed E-state index contributed by atoms with van der Waals surface area (Å²) in [4.78, 5) is 1.28. The molecule has 172 valence electrons. The van der Waals surface area contributed by atoms with E-state index in [1.165, 1.54) is 30.3 Å². The van der Waals surface area contributed by atoms with Gasteiger partial charge in [0.1, 0.15) is 0 Å². The summed E-state index contributed by atoms with van der Waals surface area (Å²) < 4.78 is 71.2. The van der Waals surface area contributed by atoms with E-state index in [-0.39, 0.29) is 21.9 Å². The van der Waals surface area contributed by atoms with Crippen molar-refractivity contribution < 1.29 is 21.6 Å². The zero-order valence-electron chi connectivity index (χ0n) is 17.2. The summed E-state index contributed by atoms with van der Waals surface area (Å²) >= 11 is 6.00. The Morgan fingerprint density at radius 3 is 2.27 bits per heavy atom. The third-order valence-electron chi connectivity index (χ3n) is 4.69. The van der Waals surface area contributed by atoms with Crippen molar-refractivity contribution in [3.8, 4) is 5.69 Å². The Morgan fingerprint density at radius 1 is 1.00 bits per heavy atom. The number of fused-ring (bicyclic) bond motifs is 1. The number of nitrogens with zero attached hydrogens (tertiary/aromatic N) is 4. The van der Waals surface area contributed by atoms with Crippen LogP contribution in [0.4, 0.5) is 18.9 Å². The maximum atomic E-state index is 13.4. The summed E-state index contributed by atoms with van der Waals surface area (Å²) in [6, 6.07) is 15.7. The van der Waals surface area contributed by atoms with Crippen LogP contribution in [-0.2, 0) is 16.2 Å². The Hall–Kier alpha value is -2.89. The lowest BCUT2D eigenvalue weighted by molar-refractivity contribution is -0.138. The van der Waals surface area contributed by atoms with E-state index in [4.69, 9.17) is 11.6 Å². The molecule has 4 aromatic rings. The van der Waals surface area contributed by atoms with E-state index >= 15 is 0 Å². The second-order valence-corrected chi connectivity index (χ2v) is 10.1. The molecule has 0 saturated carbocycles. The number of rotatable bonds is 4. The number of benzene rings is 3. The van der Waals surface area contributed by atoms with Crippen molar-refractivity contribution in [1.29, 1.82) is 0 Å². The molecule has 0 fully saturated rings. The van der Waals surface area contributed by atoms with Gasteiger partial charge in [-0.3, -0.25) is 0 Å². The molecule has 1 aromatic heterocycles. The molecule has 6 nitrogen and oxygen atoms in total. The van der Waals surface area contributed by atoms with Gasteiger partial charge >= 0.3 is 6.18 Å². The molecule has 0 aliphatic rings. The van der Waals surface area contributed by atoms with Crippen molar-refractivity contribution in [3.05, 3.63) is 75.5 Å². The van der Waals surface area contributed by atoms with Crippen LogP contribution in [0.1, 0.15) is 5.01 Å². The van der Waals surface area contributed by atoms with Gasteiger partial charge < -0.3 is 4.90 Å². The van der Waals surface area contributed by atoms with Gasteiger partial charge in [0, 0.05) is 35.6 Å². The normalized spacial score (nSPS) is 13.0. The largest absolute Gasteiger partial charge is 0.445 e. The highest BCUT2D eigenvalue weighted by Gasteiger charge is 2.36. The van der Waals surface area contributed by atoms with E-state index in [9.17, 15) is 21.6 Å². The number of hydrogen-bond acceptors (Lipinski definition) is 5. The average molecular weight is 513 g/mol. The average Bonchev–Trinajstić information content (AvgIpc) is 3.17. The molecular weight excluding hydrogens is 497 g/mol. The maximum Gasteiger partial charge on any atom is 0.445 e. The van der Waals surface area contributed by atoms with Crippen LogP contribution in [0.5, 0.6) is 0 Å². The van der Waals surface area contributed by atoms with E-state index in [0.29, 0.717) is 15.8 Å². The summed E-state index contributed by atoms with van der Waals surface area (Å²) in [6.07, 6.45) is -4.77. The minimum atomic E-state index is -4.77. The number of anilines is 1. The van der Waals surface area contributed by atoms with Gasteiger partial charge in [-0.2, -0.15) is 21.6 Å². The van der Waals surface area contributed by atoms with Crippen molar-refractivity contribution in [2.75, 3.05) is 19.0 Å². The van der Waals surface area contributed by atoms with E-state index < -0.39 is 26.0 Å². The van der Waals surface area contributed by atoms with E-state index in [0.717, 1.165) is 10.4 Å². The summed E-state index contributed by atoms with van der Waals surface area (Å²) in [5, 5.41) is 3.78. The van der Waals surface area contributed by atoms with Gasteiger partial charge in [-0.15, -0.1) is 9.50 Å². The summed E-state index contributed by atoms with van der Waals surface area (Å²) in [7, 11) is -0.741. The van der Waals surface area contributed by atoms with Crippen LogP contribution in [0.3, 0.4) is 0 Å². The van der Waals surface area contributed by atoms with Crippen molar-refractivity contribution in [1.82, 2.24) is 9.78 Å². The lowest BCUT2D eigenvalue weighted by Crippen LogP contribution is -2.17. The molecule has 0 spiro atoms. The SMILES string of the molecule is CN(C)c1cccc2c(S(=O)(=O)/N=c3/sc(C(F)(F)F)nn3-c3ccc(Cl)cc3)cccc12. The number of alkyl halides is 3. The van der Waals surface area contributed by atoms with Crippen LogP contribution in [0.25, 0.3) is 16.5 Å². The van der Waals surface area contributed by atoms with E-state index in [1.54, 1.807) is 24.3 Å². The lowest BCUT2D eigenvalue weighted by Gasteiger charge is -2.16. The van der Waals surface area contributed by atoms with Gasteiger partial charge in [0.2, 0.25) is 9.81 Å². The molecule has 0 atom stereocenters. The zero-order valence-corrected chi connectivity index (χ0v) is 19.6. The van der Waals surface area contributed by atoms with Gasteiger partial charge in [-0.1, -0.05) is 47.2 Å². The first-order valence-electron chi connectivity index (χ1n) is 9.41. The van der Waals surface area contributed by atoms with E-state index in [2.05, 4.69) is 9.50 Å². The second-order valence-electron chi connectivity index (χ2n) is 7.16. The molecule has 0 radical (unpaired) electrons. The van der Waals surface area contributed by atoms with Crippen LogP contribution in [0, 0.1) is 0 Å². The Bertz CT molecular complexity index is 1510. The van der Waals surface area contributed by atoms with Gasteiger partial charge in [-0.25, -0.2) is 4.68 Å². The number of halogens is 4. The third-order valence-corrected chi connectivity index (χ3v) is 7.34. The number of sulfonamides is 1. The molecule has 3 aromatic carbocycles. The molecule has 0 bridgehead atoms. The molecule has 0 amide bonds. The van der Waals surface area contributed by atoms with Crippen LogP contribution >= 0.6 is 22.9 Å². The minimum Gasteiger partial charge on any atom is -0.377 e. The minimum absolute atomic E-state index is 0.117. The Morgan fingerprint density at radius 2 is 1.64 bits per heavy atom. The van der Waals surface area contributed by atoms with Crippen LogP contribution in [0.2, 0.25) is 5.02 Å². The molecule has 12 heteroatoms. The third kappa shape index (κ3) is 4.61. The molecule has 1 heterocycles. The number of aromatic nitrogens is 2. The topological polar surface area (TPSA) is 67.6 Å². The first kappa shape index (κ1) is 23.3. The lowest BCUT2D eigenvalue weighted by atomic mass is 10.1. The van der Waals surface area contributed by atoms with Gasteiger partial charge in [-0.05, 0) is 36.4 Å². The van der Waals surface area contributed by atoms with Crippen LogP contribution in [0.15, 0.2) is 70.0 Å². The summed E-state index contributed by atoms with van der Waals surface area (Å²) in [5.41, 5.74) is 0.978. The highest BCUT2D eigenvalue weighted by molar-refractivity contribution is 7.90. The fraction of sp³-hybridized carbons (Fsp3) is 0.143. The Balaban J connectivity index is 1.96. The molecule has 0 aliphatic heterocycles. The van der Waals surface area contributed by atoms with Crippen molar-refractivity contribution in [3.63, 3.8) is 0 Å². The fourth-order valence-corrected chi connectivity index (χ4v) is 5.54.